The monoisotopic (exact) mass is 528 g/mol. The molecule has 0 bridgehead atoms. The van der Waals surface area contributed by atoms with Crippen molar-refractivity contribution in [3.05, 3.63) is 77.9 Å². The van der Waals surface area contributed by atoms with Crippen molar-refractivity contribution in [1.82, 2.24) is 0 Å². The van der Waals surface area contributed by atoms with E-state index in [-0.39, 0.29) is 33.8 Å². The molecular formula is C25H21IO5. The van der Waals surface area contributed by atoms with Crippen LogP contribution in [0.2, 0.25) is 0 Å². The Hall–Kier alpha value is -2.87. The van der Waals surface area contributed by atoms with Crippen LogP contribution in [0.3, 0.4) is 0 Å². The van der Waals surface area contributed by atoms with Crippen LogP contribution >= 0.6 is 22.6 Å². The quantitative estimate of drug-likeness (QED) is 0.321. The number of ether oxygens (including phenoxy) is 1. The van der Waals surface area contributed by atoms with Crippen LogP contribution in [0.15, 0.2) is 24.3 Å². The van der Waals surface area contributed by atoms with Crippen LogP contribution in [0.4, 0.5) is 0 Å². The van der Waals surface area contributed by atoms with Crippen molar-refractivity contribution < 1.29 is 24.5 Å². The molecule has 0 aliphatic heterocycles. The Morgan fingerprint density at radius 2 is 1.35 bits per heavy atom. The lowest BCUT2D eigenvalue weighted by Gasteiger charge is -2.23. The molecule has 0 unspecified atom stereocenters. The Bertz CT molecular complexity index is 1290. The number of phenols is 2. The first kappa shape index (κ1) is 21.4. The molecule has 0 heterocycles. The van der Waals surface area contributed by atoms with Gasteiger partial charge < -0.3 is 14.9 Å². The zero-order valence-electron chi connectivity index (χ0n) is 17.8. The molecule has 31 heavy (non-hydrogen) atoms. The van der Waals surface area contributed by atoms with Crippen LogP contribution in [0.25, 0.3) is 0 Å². The zero-order valence-corrected chi connectivity index (χ0v) is 20.0. The summed E-state index contributed by atoms with van der Waals surface area (Å²) >= 11 is 1.91. The average molecular weight is 528 g/mol. The van der Waals surface area contributed by atoms with Crippen molar-refractivity contribution in [3.8, 4) is 23.0 Å². The van der Waals surface area contributed by atoms with E-state index in [4.69, 9.17) is 4.74 Å². The van der Waals surface area contributed by atoms with Crippen LogP contribution in [-0.4, -0.2) is 21.8 Å². The molecule has 3 aromatic carbocycles. The molecule has 0 atom stereocenters. The smallest absolute Gasteiger partial charge is 0.202 e. The summed E-state index contributed by atoms with van der Waals surface area (Å²) in [6, 6.07) is 5.86. The number of aromatic hydroxyl groups is 2. The number of fused-ring (bicyclic) bond motifs is 2. The van der Waals surface area contributed by atoms with Gasteiger partial charge in [0.25, 0.3) is 0 Å². The summed E-state index contributed by atoms with van der Waals surface area (Å²) < 4.78 is 6.57. The molecule has 0 radical (unpaired) electrons. The molecular weight excluding hydrogens is 507 g/mol. The van der Waals surface area contributed by atoms with Gasteiger partial charge in [-0.25, -0.2) is 0 Å². The fourth-order valence-electron chi connectivity index (χ4n) is 4.07. The van der Waals surface area contributed by atoms with Gasteiger partial charge in [0.1, 0.15) is 23.0 Å². The summed E-state index contributed by atoms with van der Waals surface area (Å²) in [4.78, 5) is 26.2. The van der Waals surface area contributed by atoms with Gasteiger partial charge in [0.15, 0.2) is 5.78 Å². The van der Waals surface area contributed by atoms with E-state index in [0.29, 0.717) is 15.1 Å². The highest BCUT2D eigenvalue weighted by Crippen LogP contribution is 2.44. The van der Waals surface area contributed by atoms with Crippen LogP contribution in [0.5, 0.6) is 23.0 Å². The van der Waals surface area contributed by atoms with E-state index in [1.807, 2.05) is 50.3 Å². The molecule has 0 fully saturated rings. The second-order valence-electron chi connectivity index (χ2n) is 7.87. The Morgan fingerprint density at radius 1 is 0.774 bits per heavy atom. The third kappa shape index (κ3) is 3.04. The highest BCUT2D eigenvalue weighted by Gasteiger charge is 2.36. The van der Waals surface area contributed by atoms with Gasteiger partial charge >= 0.3 is 0 Å². The highest BCUT2D eigenvalue weighted by atomic mass is 127. The van der Waals surface area contributed by atoms with Crippen LogP contribution in [0.1, 0.15) is 59.7 Å². The number of halogens is 1. The topological polar surface area (TPSA) is 83.8 Å². The van der Waals surface area contributed by atoms with Gasteiger partial charge in [-0.15, -0.1) is 0 Å². The minimum absolute atomic E-state index is 0.0619. The molecule has 0 spiro atoms. The van der Waals surface area contributed by atoms with Crippen LogP contribution in [0, 0.1) is 38.2 Å². The van der Waals surface area contributed by atoms with E-state index < -0.39 is 11.6 Å². The summed E-state index contributed by atoms with van der Waals surface area (Å²) in [5, 5.41) is 21.0. The first-order valence-corrected chi connectivity index (χ1v) is 10.9. The minimum atomic E-state index is -0.584. The predicted octanol–water partition coefficient (Wildman–Crippen LogP) is 5.81. The maximum Gasteiger partial charge on any atom is 0.202 e. The van der Waals surface area contributed by atoms with Gasteiger partial charge in [-0.05, 0) is 97.2 Å². The van der Waals surface area contributed by atoms with Crippen LogP contribution < -0.4 is 4.74 Å². The lowest BCUT2D eigenvalue weighted by molar-refractivity contribution is 0.0974. The van der Waals surface area contributed by atoms with Gasteiger partial charge in [-0.2, -0.15) is 0 Å². The van der Waals surface area contributed by atoms with Gasteiger partial charge in [-0.3, -0.25) is 9.59 Å². The summed E-state index contributed by atoms with van der Waals surface area (Å²) in [7, 11) is 0. The standard InChI is InChI=1S/C25H21IO5/c1-10-11(2)13(4)25(14(5)12(10)3)31-18-9-16-20(24(30)21(18)26)23(29)19-15(22(16)28)7-6-8-17(19)27/h6-9,27,30H,1-5H3. The third-order valence-electron chi connectivity index (χ3n) is 6.33. The van der Waals surface area contributed by atoms with Gasteiger partial charge in [0.2, 0.25) is 5.78 Å². The molecule has 6 heteroatoms. The Kier molecular flexibility index (Phi) is 5.08. The van der Waals surface area contributed by atoms with E-state index in [1.54, 1.807) is 0 Å². The minimum Gasteiger partial charge on any atom is -0.507 e. The fourth-order valence-corrected chi connectivity index (χ4v) is 4.61. The molecule has 0 saturated heterocycles. The third-order valence-corrected chi connectivity index (χ3v) is 7.38. The number of carbonyl (C=O) groups is 2. The molecule has 0 saturated carbocycles. The Morgan fingerprint density at radius 3 is 1.97 bits per heavy atom. The summed E-state index contributed by atoms with van der Waals surface area (Å²) in [5.41, 5.74) is 5.36. The molecule has 3 aromatic rings. The second-order valence-corrected chi connectivity index (χ2v) is 8.95. The van der Waals surface area contributed by atoms with Gasteiger partial charge in [-0.1, -0.05) is 12.1 Å². The highest BCUT2D eigenvalue weighted by molar-refractivity contribution is 14.1. The zero-order chi connectivity index (χ0) is 22.8. The second kappa shape index (κ2) is 7.37. The van der Waals surface area contributed by atoms with Crippen molar-refractivity contribution in [3.63, 3.8) is 0 Å². The van der Waals surface area contributed by atoms with E-state index in [0.717, 1.165) is 22.3 Å². The summed E-state index contributed by atoms with van der Waals surface area (Å²) in [6.07, 6.45) is 0. The molecule has 4 rings (SSSR count). The Balaban J connectivity index is 1.92. The number of ketones is 2. The number of hydrogen-bond acceptors (Lipinski definition) is 5. The fraction of sp³-hybridized carbons (Fsp3) is 0.200. The van der Waals surface area contributed by atoms with Gasteiger partial charge in [0, 0.05) is 11.1 Å². The van der Waals surface area contributed by atoms with E-state index >= 15 is 0 Å². The first-order chi connectivity index (χ1) is 14.6. The molecule has 0 aromatic heterocycles. The maximum atomic E-state index is 13.1. The first-order valence-electron chi connectivity index (χ1n) is 9.77. The molecule has 5 nitrogen and oxygen atoms in total. The average Bonchev–Trinajstić information content (AvgIpc) is 2.74. The maximum absolute atomic E-state index is 13.1. The van der Waals surface area contributed by atoms with Crippen molar-refractivity contribution in [1.29, 1.82) is 0 Å². The number of benzene rings is 3. The van der Waals surface area contributed by atoms with Crippen molar-refractivity contribution >= 4 is 34.2 Å². The molecule has 0 amide bonds. The molecule has 1 aliphatic carbocycles. The van der Waals surface area contributed by atoms with Crippen LogP contribution in [-0.2, 0) is 0 Å². The summed E-state index contributed by atoms with van der Waals surface area (Å²) in [5.74, 6) is -0.661. The summed E-state index contributed by atoms with van der Waals surface area (Å²) in [6.45, 7) is 10.1. The lowest BCUT2D eigenvalue weighted by Crippen LogP contribution is -2.21. The SMILES string of the molecule is Cc1c(C)c(C)c(Oc2cc3c(c(O)c2I)C(=O)c2c(O)cccc2C3=O)c(C)c1C. The lowest BCUT2D eigenvalue weighted by atomic mass is 9.83. The van der Waals surface area contributed by atoms with E-state index in [9.17, 15) is 19.8 Å². The molecule has 2 N–H and O–H groups in total. The normalized spacial score (nSPS) is 12.6. The Labute approximate surface area is 193 Å². The van der Waals surface area contributed by atoms with Crippen molar-refractivity contribution in [2.24, 2.45) is 0 Å². The van der Waals surface area contributed by atoms with Gasteiger partial charge in [0.05, 0.1) is 14.7 Å². The van der Waals surface area contributed by atoms with E-state index in [1.165, 1.54) is 29.8 Å². The number of phenolic OH excluding ortho intramolecular Hbond substituents is 2. The number of hydrogen-bond donors (Lipinski definition) is 2. The largest absolute Gasteiger partial charge is 0.507 e. The number of carbonyl (C=O) groups excluding carboxylic acids is 2. The molecule has 158 valence electrons. The van der Waals surface area contributed by atoms with Crippen molar-refractivity contribution in [2.45, 2.75) is 34.6 Å². The predicted molar refractivity (Wildman–Crippen MR) is 126 cm³/mol. The number of rotatable bonds is 2. The van der Waals surface area contributed by atoms with E-state index in [2.05, 4.69) is 6.92 Å². The molecule has 1 aliphatic rings. The van der Waals surface area contributed by atoms with Crippen molar-refractivity contribution in [2.75, 3.05) is 0 Å².